The maximum absolute atomic E-state index is 12.5. The van der Waals surface area contributed by atoms with Crippen LogP contribution in [0, 0.1) is 0 Å². The predicted molar refractivity (Wildman–Crippen MR) is 92.6 cm³/mol. The molecule has 23 heavy (non-hydrogen) atoms. The van der Waals surface area contributed by atoms with Crippen LogP contribution < -0.4 is 9.64 Å². The highest BCUT2D eigenvalue weighted by Gasteiger charge is 2.15. The number of methoxy groups -OCH3 is 1. The van der Waals surface area contributed by atoms with Crippen LogP contribution in [-0.2, 0) is 0 Å². The van der Waals surface area contributed by atoms with Crippen LogP contribution in [0.25, 0.3) is 0 Å². The molecule has 0 bridgehead atoms. The predicted octanol–water partition coefficient (Wildman–Crippen LogP) is 2.68. The number of carbonyl (C=O) groups is 1. The van der Waals surface area contributed by atoms with E-state index in [2.05, 4.69) is 16.8 Å². The summed E-state index contributed by atoms with van der Waals surface area (Å²) in [5.41, 5.74) is 2.58. The first kappa shape index (κ1) is 15.6. The molecule has 0 aromatic heterocycles. The van der Waals surface area contributed by atoms with Crippen LogP contribution in [0.5, 0.6) is 5.75 Å². The fraction of sp³-hybridized carbons (Fsp3) is 0.316. The van der Waals surface area contributed by atoms with Gasteiger partial charge in [0.15, 0.2) is 5.78 Å². The fourth-order valence-electron chi connectivity index (χ4n) is 2.80. The number of nitrogens with zero attached hydrogens (tertiary/aromatic N) is 2. The molecular weight excluding hydrogens is 288 g/mol. The Labute approximate surface area is 137 Å². The van der Waals surface area contributed by atoms with Gasteiger partial charge in [0.1, 0.15) is 5.75 Å². The smallest absolute Gasteiger partial charge is 0.193 e. The zero-order chi connectivity index (χ0) is 16.2. The lowest BCUT2D eigenvalue weighted by molar-refractivity contribution is 0.103. The van der Waals surface area contributed by atoms with Crippen molar-refractivity contribution in [3.8, 4) is 5.75 Å². The monoisotopic (exact) mass is 310 g/mol. The molecule has 0 unspecified atom stereocenters. The zero-order valence-corrected chi connectivity index (χ0v) is 13.7. The Hall–Kier alpha value is -2.33. The van der Waals surface area contributed by atoms with Crippen molar-refractivity contribution < 1.29 is 9.53 Å². The lowest BCUT2D eigenvalue weighted by Crippen LogP contribution is -2.44. The molecule has 0 spiro atoms. The average molecular weight is 310 g/mol. The van der Waals surface area contributed by atoms with Crippen LogP contribution in [0.1, 0.15) is 15.9 Å². The van der Waals surface area contributed by atoms with E-state index >= 15 is 0 Å². The molecule has 4 nitrogen and oxygen atoms in total. The molecule has 0 aliphatic carbocycles. The molecule has 0 amide bonds. The van der Waals surface area contributed by atoms with E-state index in [4.69, 9.17) is 4.74 Å². The number of piperazine rings is 1. The van der Waals surface area contributed by atoms with Gasteiger partial charge in [-0.1, -0.05) is 0 Å². The Morgan fingerprint density at radius 3 is 1.91 bits per heavy atom. The second kappa shape index (κ2) is 6.84. The lowest BCUT2D eigenvalue weighted by atomic mass is 10.0. The van der Waals surface area contributed by atoms with Gasteiger partial charge in [-0.15, -0.1) is 0 Å². The molecule has 1 aliphatic heterocycles. The number of rotatable bonds is 4. The third-order valence-electron chi connectivity index (χ3n) is 4.35. The number of ketones is 1. The fourth-order valence-corrected chi connectivity index (χ4v) is 2.80. The second-order valence-electron chi connectivity index (χ2n) is 5.89. The summed E-state index contributed by atoms with van der Waals surface area (Å²) in [6.07, 6.45) is 0. The molecule has 2 aromatic rings. The highest BCUT2D eigenvalue weighted by atomic mass is 16.5. The highest BCUT2D eigenvalue weighted by molar-refractivity contribution is 6.09. The summed E-state index contributed by atoms with van der Waals surface area (Å²) >= 11 is 0. The number of anilines is 1. The molecule has 1 saturated heterocycles. The van der Waals surface area contributed by atoms with E-state index in [0.29, 0.717) is 11.1 Å². The first-order valence-electron chi connectivity index (χ1n) is 7.89. The van der Waals surface area contributed by atoms with Crippen molar-refractivity contribution in [1.29, 1.82) is 0 Å². The van der Waals surface area contributed by atoms with Gasteiger partial charge in [-0.05, 0) is 55.6 Å². The molecule has 0 saturated carbocycles. The van der Waals surface area contributed by atoms with Crippen molar-refractivity contribution in [2.75, 3.05) is 45.2 Å². The van der Waals surface area contributed by atoms with Gasteiger partial charge in [-0.3, -0.25) is 4.79 Å². The Morgan fingerprint density at radius 2 is 1.39 bits per heavy atom. The van der Waals surface area contributed by atoms with Gasteiger partial charge < -0.3 is 14.5 Å². The van der Waals surface area contributed by atoms with E-state index in [1.54, 1.807) is 19.2 Å². The Balaban J connectivity index is 1.72. The summed E-state index contributed by atoms with van der Waals surface area (Å²) in [6.45, 7) is 4.21. The van der Waals surface area contributed by atoms with E-state index in [1.165, 1.54) is 5.69 Å². The maximum Gasteiger partial charge on any atom is 0.193 e. The number of likely N-dealkylation sites (N-methyl/N-ethyl adjacent to an activating group) is 1. The van der Waals surface area contributed by atoms with Crippen molar-refractivity contribution in [3.63, 3.8) is 0 Å². The molecule has 4 heteroatoms. The third-order valence-corrected chi connectivity index (χ3v) is 4.35. The van der Waals surface area contributed by atoms with Crippen LogP contribution >= 0.6 is 0 Å². The molecule has 1 aliphatic rings. The molecule has 1 heterocycles. The quantitative estimate of drug-likeness (QED) is 0.813. The van der Waals surface area contributed by atoms with E-state index in [0.717, 1.165) is 31.9 Å². The van der Waals surface area contributed by atoms with Gasteiger partial charge in [0.05, 0.1) is 7.11 Å². The minimum absolute atomic E-state index is 0.0394. The average Bonchev–Trinajstić information content (AvgIpc) is 2.62. The lowest BCUT2D eigenvalue weighted by Gasteiger charge is -2.34. The van der Waals surface area contributed by atoms with Crippen LogP contribution in [0.15, 0.2) is 48.5 Å². The summed E-state index contributed by atoms with van der Waals surface area (Å²) in [7, 11) is 3.77. The third kappa shape index (κ3) is 3.54. The minimum Gasteiger partial charge on any atom is -0.497 e. The largest absolute Gasteiger partial charge is 0.497 e. The molecule has 2 aromatic carbocycles. The molecule has 1 fully saturated rings. The van der Waals surface area contributed by atoms with Crippen molar-refractivity contribution >= 4 is 11.5 Å². The summed E-state index contributed by atoms with van der Waals surface area (Å²) in [4.78, 5) is 17.2. The number of carbonyl (C=O) groups excluding carboxylic acids is 1. The minimum atomic E-state index is 0.0394. The first-order valence-corrected chi connectivity index (χ1v) is 7.89. The van der Waals surface area contributed by atoms with Crippen molar-refractivity contribution in [3.05, 3.63) is 59.7 Å². The van der Waals surface area contributed by atoms with Crippen LogP contribution in [0.4, 0.5) is 5.69 Å². The first-order chi connectivity index (χ1) is 11.2. The zero-order valence-electron chi connectivity index (χ0n) is 13.7. The Kier molecular flexibility index (Phi) is 4.63. The van der Waals surface area contributed by atoms with Crippen molar-refractivity contribution in [1.82, 2.24) is 4.90 Å². The standard InChI is InChI=1S/C19H22N2O2/c1-20-11-13-21(14-12-20)17-7-3-15(4-8-17)19(22)16-5-9-18(23-2)10-6-16/h3-10H,11-14H2,1-2H3. The molecule has 3 rings (SSSR count). The molecule has 0 atom stereocenters. The number of benzene rings is 2. The number of hydrogen-bond donors (Lipinski definition) is 0. The molecule has 120 valence electrons. The number of ether oxygens (including phenoxy) is 1. The van der Waals surface area contributed by atoms with E-state index in [9.17, 15) is 4.79 Å². The van der Waals surface area contributed by atoms with Gasteiger partial charge in [0, 0.05) is 43.0 Å². The summed E-state index contributed by atoms with van der Waals surface area (Å²) in [6, 6.07) is 15.1. The Bertz CT molecular complexity index is 657. The van der Waals surface area contributed by atoms with Gasteiger partial charge in [0.2, 0.25) is 0 Å². The van der Waals surface area contributed by atoms with Crippen LogP contribution in [-0.4, -0.2) is 51.0 Å². The van der Waals surface area contributed by atoms with Crippen LogP contribution in [0.2, 0.25) is 0 Å². The number of hydrogen-bond acceptors (Lipinski definition) is 4. The van der Waals surface area contributed by atoms with Gasteiger partial charge in [0.25, 0.3) is 0 Å². The molecular formula is C19H22N2O2. The summed E-state index contributed by atoms with van der Waals surface area (Å²) in [5, 5.41) is 0. The van der Waals surface area contributed by atoms with Gasteiger partial charge >= 0.3 is 0 Å². The summed E-state index contributed by atoms with van der Waals surface area (Å²) < 4.78 is 5.12. The Morgan fingerprint density at radius 1 is 0.870 bits per heavy atom. The second-order valence-corrected chi connectivity index (χ2v) is 5.89. The van der Waals surface area contributed by atoms with Crippen molar-refractivity contribution in [2.24, 2.45) is 0 Å². The molecule has 0 N–H and O–H groups in total. The molecule has 0 radical (unpaired) electrons. The SMILES string of the molecule is COc1ccc(C(=O)c2ccc(N3CCN(C)CC3)cc2)cc1. The van der Waals surface area contributed by atoms with Gasteiger partial charge in [-0.25, -0.2) is 0 Å². The summed E-state index contributed by atoms with van der Waals surface area (Å²) in [5.74, 6) is 0.796. The maximum atomic E-state index is 12.5. The van der Waals surface area contributed by atoms with Crippen molar-refractivity contribution in [2.45, 2.75) is 0 Å². The normalized spacial score (nSPS) is 15.5. The van der Waals surface area contributed by atoms with E-state index in [-0.39, 0.29) is 5.78 Å². The highest BCUT2D eigenvalue weighted by Crippen LogP contribution is 2.20. The van der Waals surface area contributed by atoms with Crippen LogP contribution in [0.3, 0.4) is 0 Å². The van der Waals surface area contributed by atoms with E-state index < -0.39 is 0 Å². The van der Waals surface area contributed by atoms with E-state index in [1.807, 2.05) is 36.4 Å². The topological polar surface area (TPSA) is 32.8 Å². The van der Waals surface area contributed by atoms with Gasteiger partial charge in [-0.2, -0.15) is 0 Å².